The minimum Gasteiger partial charge on any atom is -0.461 e. The van der Waals surface area contributed by atoms with Crippen molar-refractivity contribution in [2.24, 2.45) is 17.8 Å². The van der Waals surface area contributed by atoms with Crippen molar-refractivity contribution >= 4 is 35.2 Å². The van der Waals surface area contributed by atoms with Gasteiger partial charge in [-0.2, -0.15) is 0 Å². The van der Waals surface area contributed by atoms with Gasteiger partial charge in [-0.25, -0.2) is 0 Å². The van der Waals surface area contributed by atoms with Gasteiger partial charge >= 0.3 is 5.97 Å². The van der Waals surface area contributed by atoms with Crippen molar-refractivity contribution in [1.29, 1.82) is 0 Å². The van der Waals surface area contributed by atoms with Crippen LogP contribution in [-0.2, 0) is 16.1 Å². The van der Waals surface area contributed by atoms with Crippen molar-refractivity contribution in [3.8, 4) is 0 Å². The van der Waals surface area contributed by atoms with Gasteiger partial charge in [0.1, 0.15) is 6.61 Å². The first-order chi connectivity index (χ1) is 12.6. The summed E-state index contributed by atoms with van der Waals surface area (Å²) in [5, 5.41) is 10.7. The van der Waals surface area contributed by atoms with E-state index < -0.39 is 4.92 Å². The van der Waals surface area contributed by atoms with Gasteiger partial charge in [-0.1, -0.05) is 6.42 Å². The van der Waals surface area contributed by atoms with Gasteiger partial charge in [0, 0.05) is 23.6 Å². The lowest BCUT2D eigenvalue weighted by Crippen LogP contribution is -2.48. The van der Waals surface area contributed by atoms with Crippen molar-refractivity contribution in [2.75, 3.05) is 11.5 Å². The molecule has 0 unspecified atom stereocenters. The molecule has 140 valence electrons. The highest BCUT2D eigenvalue weighted by atomic mass is 32.2. The van der Waals surface area contributed by atoms with E-state index in [1.807, 2.05) is 0 Å². The zero-order valence-corrected chi connectivity index (χ0v) is 16.2. The van der Waals surface area contributed by atoms with Gasteiger partial charge in [0.15, 0.2) is 0 Å². The highest BCUT2D eigenvalue weighted by Gasteiger charge is 2.55. The molecule has 1 aromatic rings. The molecule has 1 aliphatic heterocycles. The summed E-state index contributed by atoms with van der Waals surface area (Å²) in [5.74, 6) is 3.66. The third kappa shape index (κ3) is 3.36. The van der Waals surface area contributed by atoms with E-state index in [0.717, 1.165) is 18.4 Å². The molecule has 3 fully saturated rings. The monoisotopic (exact) mass is 393 g/mol. The van der Waals surface area contributed by atoms with Crippen LogP contribution in [0, 0.1) is 27.9 Å². The second-order valence-corrected chi connectivity index (χ2v) is 10.4. The van der Waals surface area contributed by atoms with Gasteiger partial charge in [0.25, 0.3) is 5.69 Å². The largest absolute Gasteiger partial charge is 0.461 e. The smallest absolute Gasteiger partial charge is 0.309 e. The highest BCUT2D eigenvalue weighted by Crippen LogP contribution is 2.64. The maximum Gasteiger partial charge on any atom is 0.309 e. The van der Waals surface area contributed by atoms with Crippen LogP contribution in [0.1, 0.15) is 37.7 Å². The number of benzene rings is 1. The first kappa shape index (κ1) is 18.2. The van der Waals surface area contributed by atoms with Gasteiger partial charge in [0.2, 0.25) is 0 Å². The Morgan fingerprint density at radius 3 is 2.35 bits per heavy atom. The van der Waals surface area contributed by atoms with Crippen LogP contribution in [0.15, 0.2) is 24.3 Å². The van der Waals surface area contributed by atoms with E-state index in [9.17, 15) is 14.9 Å². The maximum atomic E-state index is 12.6. The molecule has 4 rings (SSSR count). The number of nitro groups is 1. The minimum atomic E-state index is -0.425. The molecule has 2 aliphatic carbocycles. The fourth-order valence-electron chi connectivity index (χ4n) is 4.79. The lowest BCUT2D eigenvalue weighted by molar-refractivity contribution is -0.384. The number of hydrogen-bond acceptors (Lipinski definition) is 6. The molecule has 0 aromatic heterocycles. The number of rotatable bonds is 4. The second-order valence-electron chi connectivity index (χ2n) is 7.44. The molecule has 2 bridgehead atoms. The fourth-order valence-corrected chi connectivity index (χ4v) is 8.72. The predicted octanol–water partition coefficient (Wildman–Crippen LogP) is 4.64. The maximum absolute atomic E-state index is 12.6. The Morgan fingerprint density at radius 2 is 1.77 bits per heavy atom. The summed E-state index contributed by atoms with van der Waals surface area (Å²) < 4.78 is 5.93. The standard InChI is InChI=1S/C19H23NO4S2/c21-18(24-12-13-4-6-17(7-5-13)20(22)23)14-10-15-2-1-3-16(11-14)19(15)25-8-9-26-19/h4-7,14-16H,1-3,8-12H2/t15-,16-/m1/s1. The summed E-state index contributed by atoms with van der Waals surface area (Å²) in [6, 6.07) is 6.21. The van der Waals surface area contributed by atoms with Crippen molar-refractivity contribution in [3.63, 3.8) is 0 Å². The van der Waals surface area contributed by atoms with Crippen LogP contribution in [0.5, 0.6) is 0 Å². The Morgan fingerprint density at radius 1 is 1.15 bits per heavy atom. The second kappa shape index (κ2) is 7.43. The van der Waals surface area contributed by atoms with E-state index in [1.54, 1.807) is 12.1 Å². The summed E-state index contributed by atoms with van der Waals surface area (Å²) in [6.07, 6.45) is 5.68. The molecule has 0 amide bonds. The SMILES string of the molecule is O=C(OCc1ccc([N+](=O)[O-])cc1)C1C[C@H]2CCC[C@H](C1)C21SCCS1. The topological polar surface area (TPSA) is 69.4 Å². The number of carbonyl (C=O) groups is 1. The normalized spacial score (nSPS) is 29.5. The number of thioether (sulfide) groups is 2. The lowest BCUT2D eigenvalue weighted by atomic mass is 9.67. The molecule has 1 heterocycles. The van der Waals surface area contributed by atoms with Crippen LogP contribution in [-0.4, -0.2) is 26.5 Å². The van der Waals surface area contributed by atoms with Gasteiger partial charge in [0.05, 0.1) is 14.9 Å². The molecular formula is C19H23NO4S2. The summed E-state index contributed by atoms with van der Waals surface area (Å²) in [6.45, 7) is 0.192. The third-order valence-electron chi connectivity index (χ3n) is 5.98. The van der Waals surface area contributed by atoms with Crippen molar-refractivity contribution in [2.45, 2.75) is 42.8 Å². The minimum absolute atomic E-state index is 0.00998. The Kier molecular flexibility index (Phi) is 5.19. The van der Waals surface area contributed by atoms with E-state index in [1.165, 1.54) is 42.9 Å². The number of nitrogens with zero attached hydrogens (tertiary/aromatic N) is 1. The molecular weight excluding hydrogens is 370 g/mol. The molecule has 0 radical (unpaired) electrons. The molecule has 7 heteroatoms. The van der Waals surface area contributed by atoms with Crippen molar-refractivity contribution in [1.82, 2.24) is 0 Å². The molecule has 26 heavy (non-hydrogen) atoms. The van der Waals surface area contributed by atoms with E-state index >= 15 is 0 Å². The van der Waals surface area contributed by atoms with E-state index in [0.29, 0.717) is 15.9 Å². The number of hydrogen-bond donors (Lipinski definition) is 0. The summed E-state index contributed by atoms with van der Waals surface area (Å²) >= 11 is 4.28. The summed E-state index contributed by atoms with van der Waals surface area (Å²) in [5.41, 5.74) is 0.843. The predicted molar refractivity (Wildman–Crippen MR) is 104 cm³/mol. The van der Waals surface area contributed by atoms with E-state index in [-0.39, 0.29) is 24.2 Å². The number of ether oxygens (including phenoxy) is 1. The first-order valence-electron chi connectivity index (χ1n) is 9.26. The summed E-state index contributed by atoms with van der Waals surface area (Å²) in [7, 11) is 0. The Hall–Kier alpha value is -1.21. The zero-order chi connectivity index (χ0) is 18.1. The van der Waals surface area contributed by atoms with Gasteiger partial charge in [-0.05, 0) is 55.2 Å². The Labute approximate surface area is 161 Å². The molecule has 3 aliphatic rings. The highest BCUT2D eigenvalue weighted by molar-refractivity contribution is 8.21. The number of carbonyl (C=O) groups excluding carboxylic acids is 1. The van der Waals surface area contributed by atoms with Gasteiger partial charge in [-0.15, -0.1) is 23.5 Å². The van der Waals surface area contributed by atoms with Crippen LogP contribution in [0.4, 0.5) is 5.69 Å². The molecule has 0 N–H and O–H groups in total. The van der Waals surface area contributed by atoms with Crippen LogP contribution >= 0.6 is 23.5 Å². The molecule has 1 saturated heterocycles. The van der Waals surface area contributed by atoms with Crippen LogP contribution in [0.25, 0.3) is 0 Å². The zero-order valence-electron chi connectivity index (χ0n) is 14.6. The van der Waals surface area contributed by atoms with Crippen LogP contribution in [0.3, 0.4) is 0 Å². The number of nitro benzene ring substituents is 1. The molecule has 1 spiro atoms. The number of non-ortho nitro benzene ring substituents is 1. The van der Waals surface area contributed by atoms with Gasteiger partial charge < -0.3 is 4.74 Å². The molecule has 5 nitrogen and oxygen atoms in total. The molecule has 2 atom stereocenters. The Bertz CT molecular complexity index is 671. The van der Waals surface area contributed by atoms with Crippen LogP contribution in [0.2, 0.25) is 0 Å². The molecule has 1 aromatic carbocycles. The van der Waals surface area contributed by atoms with Crippen molar-refractivity contribution < 1.29 is 14.5 Å². The quantitative estimate of drug-likeness (QED) is 0.422. The fraction of sp³-hybridized carbons (Fsp3) is 0.632. The van der Waals surface area contributed by atoms with E-state index in [2.05, 4.69) is 23.5 Å². The number of esters is 1. The van der Waals surface area contributed by atoms with Crippen LogP contribution < -0.4 is 0 Å². The summed E-state index contributed by atoms with van der Waals surface area (Å²) in [4.78, 5) is 22.9. The third-order valence-corrected chi connectivity index (χ3v) is 10.00. The first-order valence-corrected chi connectivity index (χ1v) is 11.2. The van der Waals surface area contributed by atoms with Gasteiger partial charge in [-0.3, -0.25) is 14.9 Å². The Balaban J connectivity index is 1.36. The van der Waals surface area contributed by atoms with Crippen molar-refractivity contribution in [3.05, 3.63) is 39.9 Å². The lowest BCUT2D eigenvalue weighted by Gasteiger charge is -2.51. The van der Waals surface area contributed by atoms with E-state index in [4.69, 9.17) is 4.74 Å². The average molecular weight is 394 g/mol. The average Bonchev–Trinajstić information content (AvgIpc) is 3.09. The molecule has 2 saturated carbocycles.